The van der Waals surface area contributed by atoms with Crippen molar-refractivity contribution in [2.75, 3.05) is 34.0 Å². The van der Waals surface area contributed by atoms with Gasteiger partial charge in [-0.3, -0.25) is 0 Å². The lowest BCUT2D eigenvalue weighted by molar-refractivity contribution is 0.0717. The molecule has 1 fully saturated rings. The van der Waals surface area contributed by atoms with Crippen molar-refractivity contribution in [2.45, 2.75) is 32.6 Å². The molecule has 1 aliphatic rings. The minimum Gasteiger partial charge on any atom is -0.450 e. The molecule has 0 aromatic rings. The quantitative estimate of drug-likeness (QED) is 0.627. The Bertz CT molecular complexity index is 207. The van der Waals surface area contributed by atoms with E-state index >= 15 is 0 Å². The summed E-state index contributed by atoms with van der Waals surface area (Å²) in [5.74, 6) is 0. The molecule has 1 N–H and O–H groups in total. The van der Waals surface area contributed by atoms with Gasteiger partial charge < -0.3 is 24.1 Å². The number of hydrogen-bond acceptors (Lipinski definition) is 6. The van der Waals surface area contributed by atoms with E-state index in [1.807, 2.05) is 6.92 Å². The highest BCUT2D eigenvalue weighted by Gasteiger charge is 1.96. The van der Waals surface area contributed by atoms with Crippen molar-refractivity contribution in [1.29, 1.82) is 0 Å². The summed E-state index contributed by atoms with van der Waals surface area (Å²) in [4.78, 5) is 19.4. The fraction of sp³-hybridized carbons (Fsp3) is 0.833. The molecule has 0 atom stereocenters. The minimum absolute atomic E-state index is 0.461. The highest BCUT2D eigenvalue weighted by atomic mass is 16.7. The maximum absolute atomic E-state index is 10.2. The van der Waals surface area contributed by atoms with Gasteiger partial charge in [-0.1, -0.05) is 13.3 Å². The van der Waals surface area contributed by atoms with Gasteiger partial charge in [-0.05, 0) is 19.3 Å². The summed E-state index contributed by atoms with van der Waals surface area (Å²) in [5.41, 5.74) is 0. The van der Waals surface area contributed by atoms with Crippen LogP contribution in [0.25, 0.3) is 0 Å². The van der Waals surface area contributed by atoms with Crippen LogP contribution in [0.3, 0.4) is 0 Å². The van der Waals surface area contributed by atoms with Crippen LogP contribution < -0.4 is 0 Å². The van der Waals surface area contributed by atoms with Crippen molar-refractivity contribution in [3.63, 3.8) is 0 Å². The average Bonchev–Trinajstić information content (AvgIpc) is 2.98. The summed E-state index contributed by atoms with van der Waals surface area (Å²) in [7, 11) is 2.40. The molecule has 1 saturated heterocycles. The molecule has 0 bridgehead atoms. The van der Waals surface area contributed by atoms with Crippen molar-refractivity contribution in [2.24, 2.45) is 0 Å². The Kier molecular flexibility index (Phi) is 17.2. The first-order chi connectivity index (χ1) is 9.08. The van der Waals surface area contributed by atoms with Crippen molar-refractivity contribution < 1.29 is 33.6 Å². The monoisotopic (exact) mass is 280 g/mol. The molecule has 7 nitrogen and oxygen atoms in total. The second-order valence-electron chi connectivity index (χ2n) is 3.45. The van der Waals surface area contributed by atoms with Gasteiger partial charge in [0.15, 0.2) is 0 Å². The first kappa shape index (κ1) is 19.8. The molecule has 0 radical (unpaired) electrons. The average molecular weight is 280 g/mol. The van der Waals surface area contributed by atoms with E-state index in [-0.39, 0.29) is 0 Å². The highest BCUT2D eigenvalue weighted by molar-refractivity contribution is 5.59. The zero-order valence-corrected chi connectivity index (χ0v) is 11.8. The van der Waals surface area contributed by atoms with E-state index < -0.39 is 12.3 Å². The van der Waals surface area contributed by atoms with Gasteiger partial charge in [-0.2, -0.15) is 0 Å². The van der Waals surface area contributed by atoms with Crippen LogP contribution in [0.15, 0.2) is 0 Å². The molecule has 19 heavy (non-hydrogen) atoms. The minimum atomic E-state index is -1.25. The zero-order valence-electron chi connectivity index (χ0n) is 11.8. The molecule has 0 aromatic heterocycles. The maximum Gasteiger partial charge on any atom is 0.507 e. The number of ether oxygens (including phenoxy) is 4. The van der Waals surface area contributed by atoms with Gasteiger partial charge in [-0.25, -0.2) is 9.59 Å². The number of hydrogen-bond donors (Lipinski definition) is 1. The number of methoxy groups -OCH3 is 2. The van der Waals surface area contributed by atoms with E-state index in [0.717, 1.165) is 33.2 Å². The van der Waals surface area contributed by atoms with Crippen LogP contribution in [0.4, 0.5) is 9.59 Å². The lowest BCUT2D eigenvalue weighted by atomic mass is 10.4. The topological polar surface area (TPSA) is 91.3 Å². The zero-order chi connectivity index (χ0) is 14.9. The van der Waals surface area contributed by atoms with Crippen LogP contribution in [0.5, 0.6) is 0 Å². The molecule has 0 saturated carbocycles. The third kappa shape index (κ3) is 22.2. The summed E-state index contributed by atoms with van der Waals surface area (Å²) in [6, 6.07) is 0. The lowest BCUT2D eigenvalue weighted by Gasteiger charge is -1.99. The molecule has 1 rings (SSSR count). The van der Waals surface area contributed by atoms with Crippen molar-refractivity contribution in [1.82, 2.24) is 0 Å². The first-order valence-electron chi connectivity index (χ1n) is 6.13. The molecule has 0 amide bonds. The molecular weight excluding hydrogens is 256 g/mol. The molecule has 1 heterocycles. The summed E-state index contributed by atoms with van der Waals surface area (Å²) >= 11 is 0. The van der Waals surface area contributed by atoms with Crippen LogP contribution in [0.2, 0.25) is 0 Å². The van der Waals surface area contributed by atoms with Crippen LogP contribution >= 0.6 is 0 Å². The number of unbranched alkanes of at least 4 members (excludes halogenated alkanes) is 1. The van der Waals surface area contributed by atoms with Gasteiger partial charge in [0.25, 0.3) is 0 Å². The SMILES string of the molecule is C1CCOC1.CCCCOC(=O)OC.COC(=O)O. The Labute approximate surface area is 113 Å². The third-order valence-corrected chi connectivity index (χ3v) is 1.89. The van der Waals surface area contributed by atoms with Gasteiger partial charge >= 0.3 is 12.3 Å². The van der Waals surface area contributed by atoms with E-state index in [1.165, 1.54) is 20.0 Å². The molecule has 0 aliphatic carbocycles. The van der Waals surface area contributed by atoms with E-state index in [2.05, 4.69) is 14.2 Å². The summed E-state index contributed by atoms with van der Waals surface area (Å²) in [6.07, 6.45) is 2.64. The van der Waals surface area contributed by atoms with Crippen LogP contribution in [-0.4, -0.2) is 51.5 Å². The maximum atomic E-state index is 10.2. The Hall–Kier alpha value is -1.50. The smallest absolute Gasteiger partial charge is 0.450 e. The number of carboxylic acid groups (broad SMARTS) is 1. The van der Waals surface area contributed by atoms with Crippen LogP contribution in [0, 0.1) is 0 Å². The molecule has 114 valence electrons. The van der Waals surface area contributed by atoms with Gasteiger partial charge in [0.1, 0.15) is 0 Å². The second kappa shape index (κ2) is 16.5. The van der Waals surface area contributed by atoms with Gasteiger partial charge in [0.05, 0.1) is 20.8 Å². The van der Waals surface area contributed by atoms with Crippen molar-refractivity contribution in [3.8, 4) is 0 Å². The fourth-order valence-electron chi connectivity index (χ4n) is 0.869. The van der Waals surface area contributed by atoms with E-state index in [1.54, 1.807) is 0 Å². The third-order valence-electron chi connectivity index (χ3n) is 1.89. The summed E-state index contributed by atoms with van der Waals surface area (Å²) in [5, 5.41) is 7.50. The molecule has 7 heteroatoms. The molecular formula is C12H24O7. The predicted molar refractivity (Wildman–Crippen MR) is 68.4 cm³/mol. The Balaban J connectivity index is 0. The van der Waals surface area contributed by atoms with Crippen molar-refractivity contribution >= 4 is 12.3 Å². The fourth-order valence-corrected chi connectivity index (χ4v) is 0.869. The van der Waals surface area contributed by atoms with Gasteiger partial charge in [-0.15, -0.1) is 0 Å². The highest BCUT2D eigenvalue weighted by Crippen LogP contribution is 1.98. The van der Waals surface area contributed by atoms with Crippen LogP contribution in [0.1, 0.15) is 32.6 Å². The first-order valence-corrected chi connectivity index (χ1v) is 6.13. The molecule has 0 aromatic carbocycles. The van der Waals surface area contributed by atoms with Gasteiger partial charge in [0, 0.05) is 13.2 Å². The lowest BCUT2D eigenvalue weighted by Crippen LogP contribution is -2.04. The number of rotatable bonds is 3. The number of carbonyl (C=O) groups is 2. The molecule has 1 aliphatic heterocycles. The van der Waals surface area contributed by atoms with E-state index in [4.69, 9.17) is 14.6 Å². The second-order valence-corrected chi connectivity index (χ2v) is 3.45. The standard InChI is InChI=1S/C6H12O3.C4H8O.C2H4O3/c1-3-4-5-9-6(7)8-2;1-2-4-5-3-1;1-5-2(3)4/h3-5H2,1-2H3;1-4H2;1H3,(H,3,4). The Morgan fingerprint density at radius 3 is 1.95 bits per heavy atom. The van der Waals surface area contributed by atoms with Gasteiger partial charge in [0.2, 0.25) is 0 Å². The summed E-state index contributed by atoms with van der Waals surface area (Å²) < 4.78 is 17.4. The summed E-state index contributed by atoms with van der Waals surface area (Å²) in [6.45, 7) is 4.49. The molecule has 0 spiro atoms. The normalized spacial score (nSPS) is 12.2. The van der Waals surface area contributed by atoms with E-state index in [9.17, 15) is 4.79 Å². The van der Waals surface area contributed by atoms with Crippen LogP contribution in [-0.2, 0) is 18.9 Å². The molecule has 0 unspecified atom stereocenters. The largest absolute Gasteiger partial charge is 0.507 e. The predicted octanol–water partition coefficient (Wildman–Crippen LogP) is 2.68. The van der Waals surface area contributed by atoms with E-state index in [0.29, 0.717) is 6.61 Å². The van der Waals surface area contributed by atoms with Crippen molar-refractivity contribution in [3.05, 3.63) is 0 Å². The Morgan fingerprint density at radius 2 is 1.68 bits per heavy atom. The number of carbonyl (C=O) groups excluding carboxylic acids is 1. The Morgan fingerprint density at radius 1 is 1.16 bits per heavy atom.